The molecule has 2 fully saturated rings. The second-order valence-corrected chi connectivity index (χ2v) is 9.30. The third-order valence-electron chi connectivity index (χ3n) is 7.17. The molecule has 2 amide bonds. The Hall–Kier alpha value is -3.18. The molecular weight excluding hydrogens is 422 g/mol. The Kier molecular flexibility index (Phi) is 4.54. The number of aromatic nitrogens is 1. The number of halogens is 1. The van der Waals surface area contributed by atoms with Gasteiger partial charge in [-0.2, -0.15) is 10.1 Å². The Balaban J connectivity index is 1.33. The molecule has 0 radical (unpaired) electrons. The zero-order valence-electron chi connectivity index (χ0n) is 17.4. The maximum absolute atomic E-state index is 13.0. The fourth-order valence-corrected chi connectivity index (χ4v) is 5.81. The van der Waals surface area contributed by atoms with E-state index in [-0.39, 0.29) is 35.5 Å². The zero-order valence-corrected chi connectivity index (χ0v) is 18.2. The van der Waals surface area contributed by atoms with Gasteiger partial charge in [0.1, 0.15) is 0 Å². The molecule has 32 heavy (non-hydrogen) atoms. The first kappa shape index (κ1) is 19.5. The maximum Gasteiger partial charge on any atom is 0.254 e. The third-order valence-corrected chi connectivity index (χ3v) is 7.54. The van der Waals surface area contributed by atoms with Crippen molar-refractivity contribution in [1.29, 1.82) is 0 Å². The van der Waals surface area contributed by atoms with E-state index in [1.54, 1.807) is 6.21 Å². The summed E-state index contributed by atoms with van der Waals surface area (Å²) in [7, 11) is 0. The lowest BCUT2D eigenvalue weighted by molar-refractivity contribution is -0.140. The van der Waals surface area contributed by atoms with Crippen LogP contribution in [0.1, 0.15) is 24.0 Å². The van der Waals surface area contributed by atoms with Gasteiger partial charge >= 0.3 is 0 Å². The lowest BCUT2D eigenvalue weighted by Gasteiger charge is -2.37. The average molecular weight is 444 g/mol. The number of carbonyl (C=O) groups excluding carboxylic acids is 2. The van der Waals surface area contributed by atoms with Gasteiger partial charge in [0, 0.05) is 34.2 Å². The van der Waals surface area contributed by atoms with Gasteiger partial charge in [-0.15, -0.1) is 0 Å². The van der Waals surface area contributed by atoms with Gasteiger partial charge in [0.2, 0.25) is 0 Å². The van der Waals surface area contributed by atoms with Crippen molar-refractivity contribution < 1.29 is 9.59 Å². The molecule has 2 bridgehead atoms. The van der Waals surface area contributed by atoms with Crippen LogP contribution in [0.2, 0.25) is 5.02 Å². The summed E-state index contributed by atoms with van der Waals surface area (Å²) in [4.78, 5) is 26.1. The lowest BCUT2D eigenvalue weighted by atomic mass is 9.63. The van der Waals surface area contributed by atoms with Crippen LogP contribution in [-0.4, -0.2) is 27.6 Å². The first-order valence-corrected chi connectivity index (χ1v) is 11.4. The molecule has 5 nitrogen and oxygen atoms in total. The van der Waals surface area contributed by atoms with Crippen LogP contribution < -0.4 is 0 Å². The molecule has 1 saturated carbocycles. The first-order valence-electron chi connectivity index (χ1n) is 11.0. The summed E-state index contributed by atoms with van der Waals surface area (Å²) >= 11 is 6.37. The predicted molar refractivity (Wildman–Crippen MR) is 124 cm³/mol. The van der Waals surface area contributed by atoms with Crippen LogP contribution in [0, 0.1) is 23.7 Å². The van der Waals surface area contributed by atoms with E-state index >= 15 is 0 Å². The Morgan fingerprint density at radius 1 is 0.938 bits per heavy atom. The Bertz CT molecular complexity index is 1280. The molecule has 2 aromatic carbocycles. The maximum atomic E-state index is 13.0. The Morgan fingerprint density at radius 2 is 1.59 bits per heavy atom. The van der Waals surface area contributed by atoms with E-state index < -0.39 is 0 Å². The second kappa shape index (κ2) is 7.45. The molecule has 2 heterocycles. The number of nitrogens with zero attached hydrogens (tertiary/aromatic N) is 3. The van der Waals surface area contributed by atoms with Gasteiger partial charge in [-0.05, 0) is 42.4 Å². The van der Waals surface area contributed by atoms with Gasteiger partial charge in [-0.25, -0.2) is 0 Å². The van der Waals surface area contributed by atoms with Gasteiger partial charge in [-0.3, -0.25) is 9.59 Å². The normalized spacial score (nSPS) is 26.6. The predicted octanol–water partition coefficient (Wildman–Crippen LogP) is 4.87. The van der Waals surface area contributed by atoms with Gasteiger partial charge < -0.3 is 4.57 Å². The van der Waals surface area contributed by atoms with Crippen LogP contribution in [0.4, 0.5) is 0 Å². The standard InChI is InChI=1S/C26H22ClN3O2/c27-21-7-3-1-5-18(21)14-29-15-19(20-6-2-4-8-22(20)29)13-28-30-25(31)23-16-9-10-17(12-11-16)24(23)26(30)32/h1-10,13,15-17,23-24H,11-12,14H2/b28-13-/t16-,17+,23-,24-/m0/s1. The highest BCUT2D eigenvalue weighted by molar-refractivity contribution is 6.31. The van der Waals surface area contributed by atoms with E-state index in [4.69, 9.17) is 11.6 Å². The highest BCUT2D eigenvalue weighted by Gasteiger charge is 2.56. The molecule has 3 aliphatic carbocycles. The lowest BCUT2D eigenvalue weighted by Crippen LogP contribution is -2.38. The van der Waals surface area contributed by atoms with Gasteiger partial charge in [-0.1, -0.05) is 60.2 Å². The van der Waals surface area contributed by atoms with Crippen molar-refractivity contribution in [2.24, 2.45) is 28.8 Å². The molecule has 160 valence electrons. The summed E-state index contributed by atoms with van der Waals surface area (Å²) < 4.78 is 2.12. The van der Waals surface area contributed by atoms with Crippen LogP contribution in [0.3, 0.4) is 0 Å². The van der Waals surface area contributed by atoms with Crippen LogP contribution in [-0.2, 0) is 16.1 Å². The summed E-state index contributed by atoms with van der Waals surface area (Å²) in [6.07, 6.45) is 9.85. The van der Waals surface area contributed by atoms with Crippen LogP contribution in [0.15, 0.2) is 72.0 Å². The molecule has 1 saturated heterocycles. The van der Waals surface area contributed by atoms with E-state index in [2.05, 4.69) is 21.8 Å². The minimum absolute atomic E-state index is 0.157. The Labute approximate surface area is 191 Å². The monoisotopic (exact) mass is 443 g/mol. The first-order chi connectivity index (χ1) is 15.6. The fraction of sp³-hybridized carbons (Fsp3) is 0.269. The summed E-state index contributed by atoms with van der Waals surface area (Å²) in [5.41, 5.74) is 2.93. The number of hydrogen-bond donors (Lipinski definition) is 0. The number of allylic oxidation sites excluding steroid dienone is 2. The molecule has 0 unspecified atom stereocenters. The van der Waals surface area contributed by atoms with E-state index in [1.165, 1.54) is 0 Å². The topological polar surface area (TPSA) is 54.7 Å². The number of carbonyl (C=O) groups is 2. The summed E-state index contributed by atoms with van der Waals surface area (Å²) in [6, 6.07) is 15.8. The smallest absolute Gasteiger partial charge is 0.254 e. The summed E-state index contributed by atoms with van der Waals surface area (Å²) in [5.74, 6) is -0.474. The van der Waals surface area contributed by atoms with Crippen molar-refractivity contribution in [2.75, 3.05) is 0 Å². The van der Waals surface area contributed by atoms with Crippen molar-refractivity contribution in [3.05, 3.63) is 83.0 Å². The van der Waals surface area contributed by atoms with Crippen molar-refractivity contribution in [3.8, 4) is 0 Å². The van der Waals surface area contributed by atoms with E-state index in [1.807, 2.05) is 54.7 Å². The average Bonchev–Trinajstić information content (AvgIpc) is 3.31. The fourth-order valence-electron chi connectivity index (χ4n) is 5.61. The van der Waals surface area contributed by atoms with Crippen molar-refractivity contribution in [2.45, 2.75) is 19.4 Å². The zero-order chi connectivity index (χ0) is 21.8. The quantitative estimate of drug-likeness (QED) is 0.328. The largest absolute Gasteiger partial charge is 0.342 e. The van der Waals surface area contributed by atoms with Crippen molar-refractivity contribution in [3.63, 3.8) is 0 Å². The molecule has 4 atom stereocenters. The second-order valence-electron chi connectivity index (χ2n) is 8.90. The summed E-state index contributed by atoms with van der Waals surface area (Å²) in [5, 5.41) is 7.26. The van der Waals surface area contributed by atoms with Crippen molar-refractivity contribution >= 4 is 40.5 Å². The molecule has 4 aliphatic rings. The minimum Gasteiger partial charge on any atom is -0.342 e. The number of hydrogen-bond acceptors (Lipinski definition) is 3. The number of para-hydroxylation sites is 1. The number of hydrazone groups is 1. The van der Waals surface area contributed by atoms with E-state index in [0.717, 1.165) is 44.9 Å². The highest BCUT2D eigenvalue weighted by atomic mass is 35.5. The number of benzene rings is 2. The molecule has 0 N–H and O–H groups in total. The number of rotatable bonds is 4. The molecule has 0 spiro atoms. The minimum atomic E-state index is -0.245. The van der Waals surface area contributed by atoms with Crippen LogP contribution >= 0.6 is 11.6 Å². The van der Waals surface area contributed by atoms with Gasteiger partial charge in [0.05, 0.1) is 18.1 Å². The Morgan fingerprint density at radius 3 is 2.28 bits per heavy atom. The highest BCUT2D eigenvalue weighted by Crippen LogP contribution is 2.49. The van der Waals surface area contributed by atoms with E-state index in [0.29, 0.717) is 6.54 Å². The molecule has 1 aliphatic heterocycles. The van der Waals surface area contributed by atoms with Crippen molar-refractivity contribution in [1.82, 2.24) is 9.58 Å². The van der Waals surface area contributed by atoms with Crippen LogP contribution in [0.25, 0.3) is 10.9 Å². The SMILES string of the molecule is O=C1[C@@H]2[C@@H](C(=O)N1/N=C\c1cn(Cc3ccccc3Cl)c3ccccc13)[C@H]1C=C[C@@H]2CC1. The number of imide groups is 1. The summed E-state index contributed by atoms with van der Waals surface area (Å²) in [6.45, 7) is 0.620. The van der Waals surface area contributed by atoms with Gasteiger partial charge in [0.25, 0.3) is 11.8 Å². The number of amides is 2. The van der Waals surface area contributed by atoms with Crippen LogP contribution in [0.5, 0.6) is 0 Å². The number of fused-ring (bicyclic) bond motifs is 2. The molecule has 7 rings (SSSR count). The molecule has 6 heteroatoms. The van der Waals surface area contributed by atoms with E-state index in [9.17, 15) is 9.59 Å². The molecule has 3 aromatic rings. The molecular formula is C26H22ClN3O2. The third kappa shape index (κ3) is 2.95. The molecule has 1 aromatic heterocycles. The van der Waals surface area contributed by atoms with Gasteiger partial charge in [0.15, 0.2) is 0 Å².